The van der Waals surface area contributed by atoms with Crippen molar-refractivity contribution in [3.05, 3.63) is 20.8 Å². The molecular weight excluding hydrogens is 306 g/mol. The van der Waals surface area contributed by atoms with Gasteiger partial charge in [-0.1, -0.05) is 11.6 Å². The van der Waals surface area contributed by atoms with Crippen molar-refractivity contribution < 1.29 is 9.84 Å². The lowest BCUT2D eigenvalue weighted by Gasteiger charge is -2.48. The molecular formula is C16H22ClNO2S. The van der Waals surface area contributed by atoms with Crippen LogP contribution in [0.2, 0.25) is 4.34 Å². The third-order valence-corrected chi connectivity index (χ3v) is 7.04. The number of halogens is 1. The standard InChI is InChI=1S/C16H22ClNO2S/c1-10-7-16(8-12(18-10)15(9-19)3-4-15)14-11(2-5-20-16)6-13(17)21-14/h6,10,12,18-19H,2-5,7-9H2,1H3. The second kappa shape index (κ2) is 4.93. The maximum atomic E-state index is 9.78. The van der Waals surface area contributed by atoms with E-state index in [4.69, 9.17) is 16.3 Å². The van der Waals surface area contributed by atoms with Gasteiger partial charge in [0, 0.05) is 22.4 Å². The van der Waals surface area contributed by atoms with Gasteiger partial charge in [-0.05, 0) is 50.7 Å². The zero-order valence-corrected chi connectivity index (χ0v) is 13.9. The molecule has 3 heterocycles. The fourth-order valence-corrected chi connectivity index (χ4v) is 5.69. The third-order valence-electron chi connectivity index (χ3n) is 5.54. The molecule has 0 radical (unpaired) electrons. The quantitative estimate of drug-likeness (QED) is 0.877. The molecule has 1 aliphatic carbocycles. The Morgan fingerprint density at radius 1 is 1.48 bits per heavy atom. The van der Waals surface area contributed by atoms with Crippen LogP contribution < -0.4 is 5.32 Å². The summed E-state index contributed by atoms with van der Waals surface area (Å²) in [6.07, 6.45) is 5.18. The highest BCUT2D eigenvalue weighted by Crippen LogP contribution is 2.55. The molecule has 0 aromatic carbocycles. The molecule has 1 aromatic heterocycles. The number of nitrogens with one attached hydrogen (secondary N) is 1. The van der Waals surface area contributed by atoms with Crippen molar-refractivity contribution in [2.75, 3.05) is 13.2 Å². The molecule has 4 rings (SSSR count). The van der Waals surface area contributed by atoms with Gasteiger partial charge in [-0.3, -0.25) is 0 Å². The van der Waals surface area contributed by atoms with Gasteiger partial charge in [0.15, 0.2) is 0 Å². The maximum Gasteiger partial charge on any atom is 0.106 e. The van der Waals surface area contributed by atoms with Crippen LogP contribution in [0.15, 0.2) is 6.07 Å². The van der Waals surface area contributed by atoms with Crippen LogP contribution in [0.3, 0.4) is 0 Å². The Labute approximate surface area is 134 Å². The molecule has 1 saturated heterocycles. The minimum atomic E-state index is -0.189. The van der Waals surface area contributed by atoms with Crippen molar-refractivity contribution in [1.29, 1.82) is 0 Å². The number of rotatable bonds is 2. The van der Waals surface area contributed by atoms with E-state index in [0.717, 1.165) is 43.0 Å². The summed E-state index contributed by atoms with van der Waals surface area (Å²) < 4.78 is 7.22. The number of thiophene rings is 1. The lowest BCUT2D eigenvalue weighted by atomic mass is 9.75. The normalized spacial score (nSPS) is 37.5. The van der Waals surface area contributed by atoms with Crippen molar-refractivity contribution in [2.45, 2.75) is 56.7 Å². The zero-order valence-electron chi connectivity index (χ0n) is 12.3. The second-order valence-electron chi connectivity index (χ2n) is 7.05. The Kier molecular flexibility index (Phi) is 3.40. The molecule has 3 aliphatic rings. The van der Waals surface area contributed by atoms with E-state index in [1.807, 2.05) is 0 Å². The fourth-order valence-electron chi connectivity index (χ4n) is 4.23. The molecule has 0 amide bonds. The Balaban J connectivity index is 1.70. The van der Waals surface area contributed by atoms with E-state index >= 15 is 0 Å². The second-order valence-corrected chi connectivity index (χ2v) is 8.73. The average molecular weight is 328 g/mol. The van der Waals surface area contributed by atoms with E-state index in [-0.39, 0.29) is 17.6 Å². The van der Waals surface area contributed by atoms with Gasteiger partial charge in [-0.2, -0.15) is 0 Å². The van der Waals surface area contributed by atoms with Crippen molar-refractivity contribution in [2.24, 2.45) is 5.41 Å². The average Bonchev–Trinajstić information content (AvgIpc) is 3.15. The number of ether oxygens (including phenoxy) is 1. The van der Waals surface area contributed by atoms with E-state index in [1.54, 1.807) is 11.3 Å². The molecule has 0 bridgehead atoms. The summed E-state index contributed by atoms with van der Waals surface area (Å²) in [5, 5.41) is 13.5. The highest BCUT2D eigenvalue weighted by atomic mass is 35.5. The van der Waals surface area contributed by atoms with Gasteiger partial charge in [0.25, 0.3) is 0 Å². The Bertz CT molecular complexity index is 556. The topological polar surface area (TPSA) is 41.5 Å². The molecule has 1 aromatic rings. The molecule has 3 nitrogen and oxygen atoms in total. The van der Waals surface area contributed by atoms with Crippen LogP contribution in [0.4, 0.5) is 0 Å². The third kappa shape index (κ3) is 2.27. The number of aliphatic hydroxyl groups is 1. The number of piperidine rings is 1. The van der Waals surface area contributed by atoms with Crippen LogP contribution in [0.5, 0.6) is 0 Å². The Morgan fingerprint density at radius 2 is 2.29 bits per heavy atom. The summed E-state index contributed by atoms with van der Waals surface area (Å²) >= 11 is 7.95. The fraction of sp³-hybridized carbons (Fsp3) is 0.750. The molecule has 3 unspecified atom stereocenters. The molecule has 116 valence electrons. The summed E-state index contributed by atoms with van der Waals surface area (Å²) in [5.41, 5.74) is 1.27. The van der Waals surface area contributed by atoms with Crippen molar-refractivity contribution in [1.82, 2.24) is 5.32 Å². The molecule has 1 spiro atoms. The lowest BCUT2D eigenvalue weighted by molar-refractivity contribution is -0.104. The SMILES string of the molecule is CC1CC2(CC(C3(CO)CC3)N1)OCCc1cc(Cl)sc12. The summed E-state index contributed by atoms with van der Waals surface area (Å²) in [5.74, 6) is 0. The van der Waals surface area contributed by atoms with Gasteiger partial charge in [-0.25, -0.2) is 0 Å². The summed E-state index contributed by atoms with van der Waals surface area (Å²) in [4.78, 5) is 1.34. The Hall–Kier alpha value is -0.130. The lowest BCUT2D eigenvalue weighted by Crippen LogP contribution is -2.56. The predicted octanol–water partition coefficient (Wildman–Crippen LogP) is 3.08. The van der Waals surface area contributed by atoms with Crippen LogP contribution in [0, 0.1) is 5.41 Å². The van der Waals surface area contributed by atoms with Gasteiger partial charge in [0.1, 0.15) is 5.60 Å². The van der Waals surface area contributed by atoms with Crippen LogP contribution in [-0.4, -0.2) is 30.4 Å². The smallest absolute Gasteiger partial charge is 0.106 e. The summed E-state index contributed by atoms with van der Waals surface area (Å²) in [6.45, 7) is 3.30. The van der Waals surface area contributed by atoms with Gasteiger partial charge in [0.05, 0.1) is 17.6 Å². The molecule has 2 aliphatic heterocycles. The van der Waals surface area contributed by atoms with Crippen LogP contribution in [0.25, 0.3) is 0 Å². The van der Waals surface area contributed by atoms with Gasteiger partial charge in [-0.15, -0.1) is 11.3 Å². The predicted molar refractivity (Wildman–Crippen MR) is 85.0 cm³/mol. The van der Waals surface area contributed by atoms with Crippen molar-refractivity contribution in [3.8, 4) is 0 Å². The first-order valence-corrected chi connectivity index (χ1v) is 9.06. The minimum absolute atomic E-state index is 0.0870. The first kappa shape index (κ1) is 14.5. The van der Waals surface area contributed by atoms with Gasteiger partial charge >= 0.3 is 0 Å². The Morgan fingerprint density at radius 3 is 3.00 bits per heavy atom. The highest BCUT2D eigenvalue weighted by Gasteiger charge is 2.55. The number of aliphatic hydroxyl groups excluding tert-OH is 1. The van der Waals surface area contributed by atoms with E-state index in [9.17, 15) is 5.11 Å². The zero-order chi connectivity index (χ0) is 14.7. The first-order chi connectivity index (χ1) is 10.1. The van der Waals surface area contributed by atoms with Crippen molar-refractivity contribution in [3.63, 3.8) is 0 Å². The highest BCUT2D eigenvalue weighted by molar-refractivity contribution is 7.16. The van der Waals surface area contributed by atoms with E-state index in [2.05, 4.69) is 18.3 Å². The molecule has 21 heavy (non-hydrogen) atoms. The van der Waals surface area contributed by atoms with E-state index in [0.29, 0.717) is 12.1 Å². The molecule has 1 saturated carbocycles. The summed E-state index contributed by atoms with van der Waals surface area (Å²) in [6, 6.07) is 2.87. The number of fused-ring (bicyclic) bond motifs is 2. The van der Waals surface area contributed by atoms with Gasteiger partial charge < -0.3 is 15.2 Å². The molecule has 2 N–H and O–H groups in total. The number of hydrogen-bond acceptors (Lipinski definition) is 4. The van der Waals surface area contributed by atoms with Crippen molar-refractivity contribution >= 4 is 22.9 Å². The van der Waals surface area contributed by atoms with Crippen LogP contribution in [-0.2, 0) is 16.8 Å². The van der Waals surface area contributed by atoms with Crippen LogP contribution >= 0.6 is 22.9 Å². The van der Waals surface area contributed by atoms with Gasteiger partial charge in [0.2, 0.25) is 0 Å². The minimum Gasteiger partial charge on any atom is -0.396 e. The molecule has 2 fully saturated rings. The van der Waals surface area contributed by atoms with E-state index < -0.39 is 0 Å². The molecule has 5 heteroatoms. The maximum absolute atomic E-state index is 9.78. The largest absolute Gasteiger partial charge is 0.396 e. The van der Waals surface area contributed by atoms with E-state index in [1.165, 1.54) is 10.4 Å². The molecule has 3 atom stereocenters. The monoisotopic (exact) mass is 327 g/mol. The first-order valence-electron chi connectivity index (χ1n) is 7.86. The number of hydrogen-bond donors (Lipinski definition) is 2. The van der Waals surface area contributed by atoms with Crippen LogP contribution in [0.1, 0.15) is 43.0 Å². The summed E-state index contributed by atoms with van der Waals surface area (Å²) in [7, 11) is 0.